The summed E-state index contributed by atoms with van der Waals surface area (Å²) in [7, 11) is -1.92. The van der Waals surface area contributed by atoms with E-state index in [4.69, 9.17) is 4.74 Å². The van der Waals surface area contributed by atoms with Crippen LogP contribution in [0, 0.1) is 6.92 Å². The van der Waals surface area contributed by atoms with E-state index in [-0.39, 0.29) is 0 Å². The SMILES string of the molecule is COc1cc(Cc2nccc(Cc3ccnc(-c4cccc(C)n4)n3)n2)ccc1NS(C)(=O)=O. The normalized spacial score (nSPS) is 11.3. The van der Waals surface area contributed by atoms with Gasteiger partial charge >= 0.3 is 0 Å². The molecule has 4 aromatic rings. The number of hydrogen-bond donors (Lipinski definition) is 1. The molecule has 0 radical (unpaired) electrons. The number of nitrogens with zero attached hydrogens (tertiary/aromatic N) is 5. The molecule has 4 rings (SSSR count). The molecule has 9 nitrogen and oxygen atoms in total. The van der Waals surface area contributed by atoms with Crippen LogP contribution in [0.5, 0.6) is 5.75 Å². The maximum Gasteiger partial charge on any atom is 0.229 e. The zero-order valence-electron chi connectivity index (χ0n) is 19.1. The van der Waals surface area contributed by atoms with Crippen molar-refractivity contribution >= 4 is 15.7 Å². The topological polar surface area (TPSA) is 120 Å². The first kappa shape index (κ1) is 23.2. The number of aromatic nitrogens is 5. The molecule has 0 aliphatic heterocycles. The quantitative estimate of drug-likeness (QED) is 0.412. The number of ether oxygens (including phenoxy) is 1. The van der Waals surface area contributed by atoms with E-state index in [1.165, 1.54) is 7.11 Å². The van der Waals surface area contributed by atoms with Crippen LogP contribution in [-0.2, 0) is 22.9 Å². The fourth-order valence-electron chi connectivity index (χ4n) is 3.41. The molecule has 0 unspecified atom stereocenters. The van der Waals surface area contributed by atoms with Gasteiger partial charge in [-0.2, -0.15) is 0 Å². The first-order chi connectivity index (χ1) is 16.3. The van der Waals surface area contributed by atoms with Crippen molar-refractivity contribution in [3.8, 4) is 17.3 Å². The summed E-state index contributed by atoms with van der Waals surface area (Å²) in [5, 5.41) is 0. The molecule has 0 aliphatic rings. The predicted octanol–water partition coefficient (Wildman–Crippen LogP) is 3.20. The van der Waals surface area contributed by atoms with Gasteiger partial charge < -0.3 is 4.74 Å². The summed E-state index contributed by atoms with van der Waals surface area (Å²) in [5.41, 5.74) is 4.57. The van der Waals surface area contributed by atoms with Gasteiger partial charge in [-0.3, -0.25) is 4.72 Å². The van der Waals surface area contributed by atoms with E-state index in [1.807, 2.05) is 43.3 Å². The van der Waals surface area contributed by atoms with Crippen LogP contribution in [0.3, 0.4) is 0 Å². The van der Waals surface area contributed by atoms with Gasteiger partial charge in [0.25, 0.3) is 0 Å². The smallest absolute Gasteiger partial charge is 0.229 e. The molecule has 0 fully saturated rings. The molecule has 1 aromatic carbocycles. The Bertz CT molecular complexity index is 1430. The Balaban J connectivity index is 1.51. The molecule has 34 heavy (non-hydrogen) atoms. The maximum atomic E-state index is 11.5. The van der Waals surface area contributed by atoms with E-state index in [9.17, 15) is 8.42 Å². The summed E-state index contributed by atoms with van der Waals surface area (Å²) >= 11 is 0. The highest BCUT2D eigenvalue weighted by Gasteiger charge is 2.11. The second-order valence-corrected chi connectivity index (χ2v) is 9.51. The highest BCUT2D eigenvalue weighted by molar-refractivity contribution is 7.92. The lowest BCUT2D eigenvalue weighted by Gasteiger charge is -2.11. The van der Waals surface area contributed by atoms with Gasteiger partial charge in [0.1, 0.15) is 17.3 Å². The number of methoxy groups -OCH3 is 1. The van der Waals surface area contributed by atoms with Crippen LogP contribution >= 0.6 is 0 Å². The number of benzene rings is 1. The van der Waals surface area contributed by atoms with Gasteiger partial charge in [-0.05, 0) is 48.9 Å². The zero-order valence-corrected chi connectivity index (χ0v) is 19.9. The minimum absolute atomic E-state index is 0.381. The molecule has 3 aromatic heterocycles. The lowest BCUT2D eigenvalue weighted by Crippen LogP contribution is -2.10. The summed E-state index contributed by atoms with van der Waals surface area (Å²) in [4.78, 5) is 22.6. The molecule has 0 saturated carbocycles. The number of pyridine rings is 1. The molecule has 0 saturated heterocycles. The van der Waals surface area contributed by atoms with Gasteiger partial charge in [0.15, 0.2) is 5.82 Å². The highest BCUT2D eigenvalue weighted by atomic mass is 32.2. The molecule has 174 valence electrons. The Labute approximate surface area is 198 Å². The molecule has 0 bridgehead atoms. The zero-order chi connectivity index (χ0) is 24.1. The van der Waals surface area contributed by atoms with Crippen LogP contribution in [0.25, 0.3) is 11.5 Å². The van der Waals surface area contributed by atoms with Crippen molar-refractivity contribution in [2.75, 3.05) is 18.1 Å². The van der Waals surface area contributed by atoms with Crippen molar-refractivity contribution in [2.45, 2.75) is 19.8 Å². The Morgan fingerprint density at radius 1 is 0.912 bits per heavy atom. The molecule has 10 heteroatoms. The van der Waals surface area contributed by atoms with Crippen molar-refractivity contribution in [1.82, 2.24) is 24.9 Å². The molecule has 0 spiro atoms. The third-order valence-corrected chi connectivity index (χ3v) is 5.47. The third kappa shape index (κ3) is 6.10. The monoisotopic (exact) mass is 476 g/mol. The fraction of sp³-hybridized carbons (Fsp3) is 0.208. The van der Waals surface area contributed by atoms with Crippen molar-refractivity contribution in [3.05, 3.63) is 89.4 Å². The van der Waals surface area contributed by atoms with Gasteiger partial charge in [-0.15, -0.1) is 0 Å². The third-order valence-electron chi connectivity index (χ3n) is 4.88. The van der Waals surface area contributed by atoms with Crippen molar-refractivity contribution in [2.24, 2.45) is 0 Å². The Morgan fingerprint density at radius 2 is 1.68 bits per heavy atom. The van der Waals surface area contributed by atoms with Crippen LogP contribution < -0.4 is 9.46 Å². The fourth-order valence-corrected chi connectivity index (χ4v) is 3.98. The number of sulfonamides is 1. The predicted molar refractivity (Wildman–Crippen MR) is 129 cm³/mol. The van der Waals surface area contributed by atoms with Gasteiger partial charge in [-0.1, -0.05) is 12.1 Å². The van der Waals surface area contributed by atoms with Crippen LogP contribution in [0.15, 0.2) is 60.9 Å². The number of anilines is 1. The number of aryl methyl sites for hydroxylation is 1. The number of nitrogens with one attached hydrogen (secondary N) is 1. The van der Waals surface area contributed by atoms with Gasteiger partial charge in [0.2, 0.25) is 10.0 Å². The van der Waals surface area contributed by atoms with E-state index < -0.39 is 10.0 Å². The molecule has 1 N–H and O–H groups in total. The second kappa shape index (κ2) is 9.92. The first-order valence-electron chi connectivity index (χ1n) is 10.5. The second-order valence-electron chi connectivity index (χ2n) is 7.76. The van der Waals surface area contributed by atoms with E-state index in [2.05, 4.69) is 29.6 Å². The Hall–Kier alpha value is -3.92. The maximum absolute atomic E-state index is 11.5. The molecule has 3 heterocycles. The van der Waals surface area contributed by atoms with Crippen LogP contribution in [-0.4, -0.2) is 46.7 Å². The van der Waals surface area contributed by atoms with E-state index in [1.54, 1.807) is 24.5 Å². The molecule has 0 amide bonds. The summed E-state index contributed by atoms with van der Waals surface area (Å²) in [6.07, 6.45) is 5.53. The van der Waals surface area contributed by atoms with Crippen LogP contribution in [0.1, 0.15) is 28.5 Å². The van der Waals surface area contributed by atoms with E-state index >= 15 is 0 Å². The van der Waals surface area contributed by atoms with Gasteiger partial charge in [0.05, 0.1) is 30.4 Å². The standard InChI is InChI=1S/C24H24N6O3S/c1-16-5-4-6-21(27-16)24-26-12-10-19(29-24)15-18-9-11-25-23(28-18)14-17-7-8-20(22(13-17)33-2)30-34(3,31)32/h4-13,30H,14-15H2,1-3H3. The van der Waals surface area contributed by atoms with Crippen LogP contribution in [0.4, 0.5) is 5.69 Å². The van der Waals surface area contributed by atoms with E-state index in [0.29, 0.717) is 35.9 Å². The lowest BCUT2D eigenvalue weighted by atomic mass is 10.1. The Kier molecular flexibility index (Phi) is 6.78. The minimum Gasteiger partial charge on any atom is -0.495 e. The number of rotatable bonds is 8. The van der Waals surface area contributed by atoms with Gasteiger partial charge in [-0.25, -0.2) is 33.3 Å². The van der Waals surface area contributed by atoms with Crippen LogP contribution in [0.2, 0.25) is 0 Å². The Morgan fingerprint density at radius 3 is 2.41 bits per heavy atom. The number of hydrogen-bond acceptors (Lipinski definition) is 8. The lowest BCUT2D eigenvalue weighted by molar-refractivity contribution is 0.416. The average Bonchev–Trinajstić information content (AvgIpc) is 2.79. The van der Waals surface area contributed by atoms with Gasteiger partial charge in [0, 0.05) is 30.9 Å². The van der Waals surface area contributed by atoms with Crippen molar-refractivity contribution < 1.29 is 13.2 Å². The molecular formula is C24H24N6O3S. The largest absolute Gasteiger partial charge is 0.495 e. The van der Waals surface area contributed by atoms with E-state index in [0.717, 1.165) is 34.6 Å². The highest BCUT2D eigenvalue weighted by Crippen LogP contribution is 2.27. The average molecular weight is 477 g/mol. The minimum atomic E-state index is -3.41. The summed E-state index contributed by atoms with van der Waals surface area (Å²) in [6, 6.07) is 14.7. The molecule has 0 atom stereocenters. The van der Waals surface area contributed by atoms with Crippen molar-refractivity contribution in [1.29, 1.82) is 0 Å². The first-order valence-corrected chi connectivity index (χ1v) is 12.4. The molecule has 0 aliphatic carbocycles. The summed E-state index contributed by atoms with van der Waals surface area (Å²) in [6.45, 7) is 1.93. The molecular weight excluding hydrogens is 452 g/mol. The van der Waals surface area contributed by atoms with Crippen molar-refractivity contribution in [3.63, 3.8) is 0 Å². The summed E-state index contributed by atoms with van der Waals surface area (Å²) in [5.74, 6) is 1.64. The summed E-state index contributed by atoms with van der Waals surface area (Å²) < 4.78 is 30.9.